The van der Waals surface area contributed by atoms with Gasteiger partial charge in [0.15, 0.2) is 0 Å². The number of likely N-dealkylation sites (N-methyl/N-ethyl adjacent to an activating group) is 1. The van der Waals surface area contributed by atoms with Crippen molar-refractivity contribution in [2.75, 3.05) is 105 Å². The molecule has 0 spiro atoms. The van der Waals surface area contributed by atoms with E-state index >= 15 is 14.4 Å². The molecule has 7 atom stereocenters. The first-order chi connectivity index (χ1) is 54.4. The summed E-state index contributed by atoms with van der Waals surface area (Å²) in [6.45, 7) is 1.88. The smallest absolute Gasteiger partial charge is 0.481 e. The Labute approximate surface area is 655 Å². The summed E-state index contributed by atoms with van der Waals surface area (Å²) in [4.78, 5) is 212. The fraction of sp³-hybridized carbons (Fsp3) is 0.533. The van der Waals surface area contributed by atoms with Crippen molar-refractivity contribution in [2.24, 2.45) is 5.73 Å². The number of nitrogens with zero attached hydrogens (tertiary/aromatic N) is 4. The van der Waals surface area contributed by atoms with E-state index in [2.05, 4.69) is 58.2 Å². The minimum Gasteiger partial charge on any atom is -0.481 e. The molecule has 3 aliphatic heterocycles. The minimum absolute atomic E-state index is 0.0414. The number of H-pyrrole nitrogens is 1. The highest BCUT2D eigenvalue weighted by Crippen LogP contribution is 2.23. The zero-order chi connectivity index (χ0) is 83.3. The quantitative estimate of drug-likeness (QED) is 0.0292. The van der Waals surface area contributed by atoms with Crippen LogP contribution >= 0.6 is 0 Å². The van der Waals surface area contributed by atoms with Gasteiger partial charge < -0.3 is 103 Å². The number of rotatable bonds is 29. The lowest BCUT2D eigenvalue weighted by molar-refractivity contribution is -0.192. The van der Waals surface area contributed by atoms with Crippen LogP contribution in [0.4, 0.5) is 18.0 Å². The highest BCUT2D eigenvalue weighted by atomic mass is 19.4. The van der Waals surface area contributed by atoms with Gasteiger partial charge in [-0.2, -0.15) is 13.2 Å². The molecule has 1 aromatic heterocycles. The molecule has 0 radical (unpaired) electrons. The van der Waals surface area contributed by atoms with Crippen molar-refractivity contribution < 1.29 is 110 Å². The second-order valence-corrected chi connectivity index (χ2v) is 27.4. The average molecular weight is 1610 g/mol. The SMILES string of the molecule is CCCCCC[C@@H]1NC(=O)[C@H](Cc2ccc(CNC(=O)COCCOCCN)cc2)NC(=O)[C@H](Cc2ccccc2)N(C)C(=O)CNC(=O)CNC(=O)[C@H]2CCCN2C(=O)[C@H](CC(=O)O)NC(=O)[C@H](CCCCNC(=O)N2CCN(CC(=O)O)CC2)NC(=O)CNC(=O)[C@H](Cc2c[nH]c3ccccc23)NC1=O.O=C(O)C(F)(F)F. The van der Waals surface area contributed by atoms with E-state index in [0.29, 0.717) is 72.2 Å². The van der Waals surface area contributed by atoms with Gasteiger partial charge in [0.25, 0.3) is 0 Å². The van der Waals surface area contributed by atoms with Crippen LogP contribution in [0, 0.1) is 0 Å². The summed E-state index contributed by atoms with van der Waals surface area (Å²) in [5.74, 6) is -14.3. The fourth-order valence-electron chi connectivity index (χ4n) is 12.6. The number of nitrogens with two attached hydrogens (primary N) is 1. The number of alkyl halides is 3. The number of nitrogens with one attached hydrogen (secondary N) is 11. The maximum Gasteiger partial charge on any atom is 0.490 e. The Kier molecular flexibility index (Phi) is 38.0. The van der Waals surface area contributed by atoms with Gasteiger partial charge in [0.1, 0.15) is 48.9 Å². The number of carbonyl (C=O) groups is 15. The summed E-state index contributed by atoms with van der Waals surface area (Å²) in [5.41, 5.74) is 8.53. The number of hydrogen-bond donors (Lipinski definition) is 15. The number of carboxylic acid groups (broad SMARTS) is 3. The number of unbranched alkanes of at least 4 members (excludes halogenated alkanes) is 4. The van der Waals surface area contributed by atoms with Crippen LogP contribution in [0.5, 0.6) is 0 Å². The molecule has 3 aliphatic rings. The highest BCUT2D eigenvalue weighted by molar-refractivity contribution is 6.00. The van der Waals surface area contributed by atoms with Gasteiger partial charge in [0, 0.05) is 95.8 Å². The van der Waals surface area contributed by atoms with Crippen LogP contribution in [-0.2, 0) is 102 Å². The number of hydrogen-bond acceptors (Lipinski definition) is 19. The van der Waals surface area contributed by atoms with E-state index in [-0.39, 0.29) is 123 Å². The first kappa shape index (κ1) is 91.6. The lowest BCUT2D eigenvalue weighted by Crippen LogP contribution is -2.60. The molecule has 7 rings (SSSR count). The normalized spacial score (nSPS) is 20.6. The molecule has 4 heterocycles. The average Bonchev–Trinajstić information content (AvgIpc) is 1.63. The van der Waals surface area contributed by atoms with Crippen LogP contribution in [0.2, 0.25) is 0 Å². The first-order valence-corrected chi connectivity index (χ1v) is 37.6. The third-order valence-electron chi connectivity index (χ3n) is 18.8. The van der Waals surface area contributed by atoms with E-state index in [1.54, 1.807) is 83.9 Å². The Morgan fingerprint density at radius 2 is 1.17 bits per heavy atom. The summed E-state index contributed by atoms with van der Waals surface area (Å²) in [5, 5.41) is 53.8. The molecule has 624 valence electrons. The van der Waals surface area contributed by atoms with Crippen LogP contribution in [0.25, 0.3) is 10.9 Å². The van der Waals surface area contributed by atoms with Crippen molar-refractivity contribution in [1.29, 1.82) is 0 Å². The number of amides is 13. The van der Waals surface area contributed by atoms with Crippen LogP contribution in [0.15, 0.2) is 85.1 Å². The molecule has 0 bridgehead atoms. The Bertz CT molecular complexity index is 3920. The number of fused-ring (bicyclic) bond motifs is 2. The lowest BCUT2D eigenvalue weighted by atomic mass is 9.99. The topological polar surface area (TPSA) is 510 Å². The summed E-state index contributed by atoms with van der Waals surface area (Å²) < 4.78 is 42.4. The molecule has 0 aliphatic carbocycles. The molecular weight excluding hydrogens is 1500 g/mol. The number of aromatic nitrogens is 1. The van der Waals surface area contributed by atoms with Crippen molar-refractivity contribution in [3.63, 3.8) is 0 Å². The largest absolute Gasteiger partial charge is 0.490 e. The third-order valence-corrected chi connectivity index (χ3v) is 18.8. The third kappa shape index (κ3) is 31.3. The predicted molar refractivity (Wildman–Crippen MR) is 402 cm³/mol. The molecule has 0 saturated carbocycles. The van der Waals surface area contributed by atoms with Gasteiger partial charge in [-0.1, -0.05) is 105 Å². The molecule has 3 saturated heterocycles. The van der Waals surface area contributed by atoms with E-state index in [0.717, 1.165) is 22.6 Å². The standard InChI is InChI=1S/C73H102N16O18.C2HF3O2/c1-3-4-5-9-19-54-68(100)83-56(38-50-41-76-52-18-11-10-17-51(50)52)66(98)79-43-61(91)81-53(20-12-13-27-75-73(105)88-31-29-87(30-32-88)45-65(96)97)67(99)85-57(39-64(94)95)72(104)89-28-14-21-58(89)70(102)80-42-60(90)78-44-63(93)86(2)59(37-47-15-7-6-8-16-47)71(103)84-55(69(101)82-54)36-48-22-24-49(25-23-48)40-77-62(92)46-107-35-34-106-33-26-74;3-2(4,5)1(6)7/h6-8,10-11,15-18,22-25,41,53-59,76H,3-5,9,12-14,19-21,26-40,42-46,74H2,1-2H3,(H,75,105)(H,77,92)(H,78,90)(H,79,98)(H,80,102)(H,81,91)(H,82,101)(H,83,100)(H,84,103)(H,85,99)(H,94,95)(H,96,97);(H,6,7)/t53-,54-,55-,56-,57-,58+,59-;/m0./s1. The molecular formula is C75H103F3N16O20. The molecule has 36 nitrogen and oxygen atoms in total. The van der Waals surface area contributed by atoms with Crippen LogP contribution < -0.4 is 58.9 Å². The van der Waals surface area contributed by atoms with Crippen LogP contribution in [0.3, 0.4) is 0 Å². The Balaban J connectivity index is 0.00000275. The van der Waals surface area contributed by atoms with Gasteiger partial charge in [-0.05, 0) is 66.8 Å². The van der Waals surface area contributed by atoms with Gasteiger partial charge in [0.2, 0.25) is 65.0 Å². The fourth-order valence-corrected chi connectivity index (χ4v) is 12.6. The van der Waals surface area contributed by atoms with Crippen LogP contribution in [-0.4, -0.2) is 283 Å². The number of aromatic amines is 1. The van der Waals surface area contributed by atoms with Gasteiger partial charge in [-0.15, -0.1) is 0 Å². The summed E-state index contributed by atoms with van der Waals surface area (Å²) >= 11 is 0. The molecule has 3 fully saturated rings. The monoisotopic (exact) mass is 1600 g/mol. The second-order valence-electron chi connectivity index (χ2n) is 27.4. The van der Waals surface area contributed by atoms with Crippen molar-refractivity contribution in [3.05, 3.63) is 107 Å². The molecule has 0 unspecified atom stereocenters. The van der Waals surface area contributed by atoms with Gasteiger partial charge >= 0.3 is 30.1 Å². The number of ether oxygens (including phenoxy) is 2. The number of halogens is 3. The van der Waals surface area contributed by atoms with E-state index < -0.39 is 158 Å². The number of para-hydroxylation sites is 1. The number of carbonyl (C=O) groups excluding carboxylic acids is 12. The van der Waals surface area contributed by atoms with Gasteiger partial charge in [-0.3, -0.25) is 67.2 Å². The maximum absolute atomic E-state index is 15.3. The summed E-state index contributed by atoms with van der Waals surface area (Å²) in [7, 11) is 1.34. The second kappa shape index (κ2) is 47.3. The number of benzene rings is 3. The molecule has 13 amide bonds. The zero-order valence-electron chi connectivity index (χ0n) is 63.6. The predicted octanol–water partition coefficient (Wildman–Crippen LogP) is -0.931. The summed E-state index contributed by atoms with van der Waals surface area (Å²) in [6.07, 6.45) is -1.67. The van der Waals surface area contributed by atoms with E-state index in [4.69, 9.17) is 25.1 Å². The molecule has 39 heteroatoms. The summed E-state index contributed by atoms with van der Waals surface area (Å²) in [6, 6.07) is 12.1. The molecule has 16 N–H and O–H groups in total. The maximum atomic E-state index is 15.3. The van der Waals surface area contributed by atoms with Gasteiger partial charge in [0.05, 0.1) is 52.4 Å². The molecule has 3 aromatic carbocycles. The number of piperazine rings is 1. The number of carboxylic acids is 3. The van der Waals surface area contributed by atoms with Crippen molar-refractivity contribution in [2.45, 2.75) is 152 Å². The molecule has 4 aromatic rings. The van der Waals surface area contributed by atoms with Crippen molar-refractivity contribution >= 4 is 99.8 Å². The lowest BCUT2D eigenvalue weighted by Gasteiger charge is -2.33. The van der Waals surface area contributed by atoms with Crippen molar-refractivity contribution in [1.82, 2.24) is 77.8 Å². The first-order valence-electron chi connectivity index (χ1n) is 37.6. The number of urea groups is 1. The van der Waals surface area contributed by atoms with Gasteiger partial charge in [-0.25, -0.2) is 9.59 Å². The van der Waals surface area contributed by atoms with Crippen LogP contribution in [0.1, 0.15) is 99.8 Å². The van der Waals surface area contributed by atoms with Crippen molar-refractivity contribution in [3.8, 4) is 0 Å². The Morgan fingerprint density at radius 1 is 0.579 bits per heavy atom. The molecule has 114 heavy (non-hydrogen) atoms. The van der Waals surface area contributed by atoms with E-state index in [1.165, 1.54) is 11.9 Å². The van der Waals surface area contributed by atoms with E-state index in [1.807, 2.05) is 13.0 Å². The zero-order valence-corrected chi connectivity index (χ0v) is 63.6. The Hall–Kier alpha value is -11.3. The minimum atomic E-state index is -5.08. The Morgan fingerprint density at radius 3 is 1.83 bits per heavy atom. The number of aliphatic carboxylic acids is 3. The highest BCUT2D eigenvalue weighted by Gasteiger charge is 2.41. The van der Waals surface area contributed by atoms with E-state index in [9.17, 15) is 76.1 Å².